The molecule has 0 unspecified atom stereocenters. The fourth-order valence-electron chi connectivity index (χ4n) is 1.67. The van der Waals surface area contributed by atoms with Crippen LogP contribution in [0.4, 0.5) is 0 Å². The van der Waals surface area contributed by atoms with Crippen LogP contribution in [-0.2, 0) is 0 Å². The number of hydrogen-bond acceptors (Lipinski definition) is 4. The van der Waals surface area contributed by atoms with Gasteiger partial charge >= 0.3 is 0 Å². The Morgan fingerprint density at radius 1 is 1.29 bits per heavy atom. The average molecular weight is 244 g/mol. The Balaban J connectivity index is 2.17. The lowest BCUT2D eigenvalue weighted by Crippen LogP contribution is -2.11. The summed E-state index contributed by atoms with van der Waals surface area (Å²) in [6.45, 7) is 0. The van der Waals surface area contributed by atoms with Gasteiger partial charge in [0.15, 0.2) is 4.77 Å². The van der Waals surface area contributed by atoms with E-state index >= 15 is 0 Å². The van der Waals surface area contributed by atoms with E-state index in [2.05, 4.69) is 20.2 Å². The summed E-state index contributed by atoms with van der Waals surface area (Å²) in [5.41, 5.74) is 1.52. The second-order valence-electron chi connectivity index (χ2n) is 3.65. The average Bonchev–Trinajstić information content (AvgIpc) is 2.85. The molecule has 2 aromatic rings. The number of rotatable bonds is 1. The predicted octanol–water partition coefficient (Wildman–Crippen LogP) is 0.574. The van der Waals surface area contributed by atoms with Crippen LogP contribution < -0.4 is 10.6 Å². The fourth-order valence-corrected chi connectivity index (χ4v) is 1.88. The van der Waals surface area contributed by atoms with E-state index in [-0.39, 0.29) is 5.88 Å². The quantitative estimate of drug-likeness (QED) is 0.641. The molecule has 0 atom stereocenters. The molecule has 84 valence electrons. The maximum Gasteiger partial charge on any atom is 0.215 e. The van der Waals surface area contributed by atoms with Crippen molar-refractivity contribution >= 4 is 24.5 Å². The molecule has 6 heteroatoms. The molecule has 1 aliphatic rings. The summed E-state index contributed by atoms with van der Waals surface area (Å²) in [4.78, 5) is 5.48. The van der Waals surface area contributed by atoms with Crippen LogP contribution in [0.25, 0.3) is 6.08 Å². The minimum Gasteiger partial charge on any atom is -0.493 e. The second-order valence-corrected chi connectivity index (χ2v) is 4.06. The van der Waals surface area contributed by atoms with Gasteiger partial charge in [0.05, 0.1) is 11.6 Å². The van der Waals surface area contributed by atoms with Gasteiger partial charge in [-0.05, 0) is 35.6 Å². The maximum absolute atomic E-state index is 9.56. The first-order chi connectivity index (χ1) is 8.22. The molecule has 3 N–H and O–H groups in total. The summed E-state index contributed by atoms with van der Waals surface area (Å²) in [5.74, 6) is 0.0360. The Morgan fingerprint density at radius 2 is 2.18 bits per heavy atom. The van der Waals surface area contributed by atoms with Crippen molar-refractivity contribution < 1.29 is 5.11 Å². The van der Waals surface area contributed by atoms with Crippen molar-refractivity contribution in [2.45, 2.75) is 0 Å². The number of nitrogens with one attached hydrogen (secondary N) is 2. The van der Waals surface area contributed by atoms with Crippen molar-refractivity contribution in [2.75, 3.05) is 0 Å². The van der Waals surface area contributed by atoms with E-state index < -0.39 is 0 Å². The smallest absolute Gasteiger partial charge is 0.215 e. The molecule has 0 bridgehead atoms. The van der Waals surface area contributed by atoms with Crippen LogP contribution in [0, 0.1) is 4.77 Å². The summed E-state index contributed by atoms with van der Waals surface area (Å²) >= 11 is 4.89. The van der Waals surface area contributed by atoms with E-state index in [1.807, 2.05) is 18.2 Å². The molecule has 17 heavy (non-hydrogen) atoms. The van der Waals surface area contributed by atoms with Crippen molar-refractivity contribution in [3.8, 4) is 5.88 Å². The maximum atomic E-state index is 9.56. The highest BCUT2D eigenvalue weighted by atomic mass is 32.1. The standard InChI is InChI=1S/C11H8N4OS/c16-10-9(13-11(17)14-10)4-6-1-2-8-7(3-6)5-12-15-8/h1-5,16H,(H2,13,14,17). The first-order valence-electron chi connectivity index (χ1n) is 4.96. The molecule has 0 spiro atoms. The Kier molecular flexibility index (Phi) is 2.15. The highest BCUT2D eigenvalue weighted by Crippen LogP contribution is 2.11. The van der Waals surface area contributed by atoms with E-state index in [1.54, 1.807) is 12.3 Å². The van der Waals surface area contributed by atoms with Gasteiger partial charge in [0.1, 0.15) is 5.69 Å². The highest BCUT2D eigenvalue weighted by molar-refractivity contribution is 7.71. The summed E-state index contributed by atoms with van der Waals surface area (Å²) in [5, 5.41) is 19.1. The number of imidazole rings is 1. The van der Waals surface area contributed by atoms with Crippen LogP contribution in [0.3, 0.4) is 0 Å². The number of H-pyrrole nitrogens is 2. The van der Waals surface area contributed by atoms with Crippen LogP contribution in [0.1, 0.15) is 11.3 Å². The number of aromatic nitrogens is 2. The zero-order valence-electron chi connectivity index (χ0n) is 8.64. The molecule has 5 nitrogen and oxygen atoms in total. The Hall–Kier alpha value is -2.21. The minimum atomic E-state index is 0.0360. The molecule has 1 aromatic carbocycles. The molecule has 0 saturated carbocycles. The van der Waals surface area contributed by atoms with Crippen molar-refractivity contribution in [3.05, 3.63) is 44.8 Å². The molecule has 0 aliphatic carbocycles. The number of fused-ring (bicyclic) bond motifs is 1. The first kappa shape index (κ1) is 9.98. The zero-order chi connectivity index (χ0) is 11.8. The predicted molar refractivity (Wildman–Crippen MR) is 66.0 cm³/mol. The van der Waals surface area contributed by atoms with E-state index in [1.165, 1.54) is 0 Å². The lowest BCUT2D eigenvalue weighted by Gasteiger charge is -1.91. The van der Waals surface area contributed by atoms with Gasteiger partial charge in [0, 0.05) is 5.56 Å². The minimum absolute atomic E-state index is 0.0360. The Labute approximate surface area is 101 Å². The first-order valence-corrected chi connectivity index (χ1v) is 5.37. The molecular formula is C11H8N4OS. The lowest BCUT2D eigenvalue weighted by atomic mass is 10.2. The third-order valence-corrected chi connectivity index (χ3v) is 2.66. The van der Waals surface area contributed by atoms with Gasteiger partial charge in [-0.25, -0.2) is 0 Å². The number of aromatic hydroxyl groups is 1. The molecule has 0 amide bonds. The number of nitrogens with zero attached hydrogens (tertiary/aromatic N) is 2. The molecule has 1 aromatic heterocycles. The monoisotopic (exact) mass is 244 g/mol. The molecule has 1 aliphatic heterocycles. The molecule has 0 radical (unpaired) electrons. The summed E-state index contributed by atoms with van der Waals surface area (Å²) in [6, 6.07) is 5.73. The number of hydrogen-bond donors (Lipinski definition) is 3. The largest absolute Gasteiger partial charge is 0.493 e. The van der Waals surface area contributed by atoms with Crippen molar-refractivity contribution in [3.63, 3.8) is 0 Å². The lowest BCUT2D eigenvalue weighted by molar-refractivity contribution is 0.455. The van der Waals surface area contributed by atoms with Gasteiger partial charge in [-0.15, -0.1) is 0 Å². The van der Waals surface area contributed by atoms with Gasteiger partial charge in [-0.1, -0.05) is 6.07 Å². The van der Waals surface area contributed by atoms with Gasteiger partial charge in [-0.3, -0.25) is 0 Å². The van der Waals surface area contributed by atoms with Gasteiger partial charge < -0.3 is 15.1 Å². The Bertz CT molecular complexity index is 785. The van der Waals surface area contributed by atoms with Crippen LogP contribution in [0.15, 0.2) is 28.4 Å². The van der Waals surface area contributed by atoms with Crippen molar-refractivity contribution in [1.82, 2.24) is 9.97 Å². The molecule has 3 rings (SSSR count). The normalized spacial score (nSPS) is 13.8. The van der Waals surface area contributed by atoms with Gasteiger partial charge in [0.25, 0.3) is 0 Å². The van der Waals surface area contributed by atoms with Gasteiger partial charge in [-0.2, -0.15) is 10.2 Å². The highest BCUT2D eigenvalue weighted by Gasteiger charge is 2.01. The molecular weight excluding hydrogens is 236 g/mol. The second kappa shape index (κ2) is 3.67. The number of benzene rings is 1. The number of aromatic amines is 2. The van der Waals surface area contributed by atoms with E-state index in [0.29, 0.717) is 10.5 Å². The SMILES string of the molecule is Oc1[nH]c(=S)[nH]c1C=c1ccc2c(c1)C=NN=2. The fraction of sp³-hybridized carbons (Fsp3) is 0. The van der Waals surface area contributed by atoms with Crippen molar-refractivity contribution in [2.24, 2.45) is 10.2 Å². The molecule has 2 heterocycles. The third-order valence-electron chi connectivity index (χ3n) is 2.46. The molecule has 0 fully saturated rings. The van der Waals surface area contributed by atoms with Gasteiger partial charge in [0.2, 0.25) is 5.88 Å². The van der Waals surface area contributed by atoms with Crippen LogP contribution in [0.2, 0.25) is 0 Å². The topological polar surface area (TPSA) is 76.5 Å². The Morgan fingerprint density at radius 3 is 2.94 bits per heavy atom. The summed E-state index contributed by atoms with van der Waals surface area (Å²) in [6.07, 6.45) is 3.50. The zero-order valence-corrected chi connectivity index (χ0v) is 9.45. The molecule has 0 saturated heterocycles. The van der Waals surface area contributed by atoms with E-state index in [9.17, 15) is 5.11 Å². The summed E-state index contributed by atoms with van der Waals surface area (Å²) < 4.78 is 0.395. The van der Waals surface area contributed by atoms with Crippen LogP contribution in [-0.4, -0.2) is 21.3 Å². The summed E-state index contributed by atoms with van der Waals surface area (Å²) in [7, 11) is 0. The van der Waals surface area contributed by atoms with E-state index in [0.717, 1.165) is 16.1 Å². The van der Waals surface area contributed by atoms with Crippen LogP contribution in [0.5, 0.6) is 5.88 Å². The van der Waals surface area contributed by atoms with E-state index in [4.69, 9.17) is 12.2 Å². The third kappa shape index (κ3) is 1.78. The van der Waals surface area contributed by atoms with Crippen LogP contribution >= 0.6 is 12.2 Å². The van der Waals surface area contributed by atoms with Crippen molar-refractivity contribution in [1.29, 1.82) is 0 Å².